The standard InChI is InChI=1S/C15H16ClN3/c1-18-9-10-19(13-7-3-2-6-12(13)18)14-8-4-5-11(16)15(14)17/h2-8H,9-10,17H2,1H3. The van der Waals surface area contributed by atoms with Gasteiger partial charge in [0.2, 0.25) is 0 Å². The van der Waals surface area contributed by atoms with Crippen LogP contribution in [0.15, 0.2) is 42.5 Å². The van der Waals surface area contributed by atoms with E-state index in [4.69, 9.17) is 17.3 Å². The van der Waals surface area contributed by atoms with E-state index in [1.807, 2.05) is 24.3 Å². The SMILES string of the molecule is CN1CCN(c2cccc(Cl)c2N)c2ccccc21. The zero-order valence-electron chi connectivity index (χ0n) is 10.8. The summed E-state index contributed by atoms with van der Waals surface area (Å²) in [7, 11) is 2.11. The van der Waals surface area contributed by atoms with Crippen molar-refractivity contribution in [1.82, 2.24) is 0 Å². The molecule has 3 nitrogen and oxygen atoms in total. The van der Waals surface area contributed by atoms with Gasteiger partial charge in [0.15, 0.2) is 0 Å². The van der Waals surface area contributed by atoms with Crippen LogP contribution in [0.4, 0.5) is 22.7 Å². The first-order chi connectivity index (χ1) is 9.18. The molecular formula is C15H16ClN3. The highest BCUT2D eigenvalue weighted by atomic mass is 35.5. The first-order valence-electron chi connectivity index (χ1n) is 6.30. The van der Waals surface area contributed by atoms with Crippen LogP contribution in [0.2, 0.25) is 5.02 Å². The summed E-state index contributed by atoms with van der Waals surface area (Å²) in [5, 5.41) is 0.605. The fourth-order valence-electron chi connectivity index (χ4n) is 2.52. The summed E-state index contributed by atoms with van der Waals surface area (Å²) < 4.78 is 0. The van der Waals surface area contributed by atoms with Gasteiger partial charge in [0.25, 0.3) is 0 Å². The first-order valence-corrected chi connectivity index (χ1v) is 6.68. The van der Waals surface area contributed by atoms with Crippen LogP contribution in [-0.2, 0) is 0 Å². The van der Waals surface area contributed by atoms with E-state index in [2.05, 4.69) is 35.0 Å². The van der Waals surface area contributed by atoms with E-state index in [-0.39, 0.29) is 0 Å². The maximum Gasteiger partial charge on any atom is 0.0744 e. The minimum atomic E-state index is 0.605. The lowest BCUT2D eigenvalue weighted by Gasteiger charge is -2.37. The molecule has 0 bridgehead atoms. The topological polar surface area (TPSA) is 32.5 Å². The van der Waals surface area contributed by atoms with Crippen molar-refractivity contribution in [2.24, 2.45) is 0 Å². The molecule has 1 aliphatic heterocycles. The third-order valence-corrected chi connectivity index (χ3v) is 3.89. The third kappa shape index (κ3) is 2.00. The zero-order valence-corrected chi connectivity index (χ0v) is 11.6. The summed E-state index contributed by atoms with van der Waals surface area (Å²) in [6.45, 7) is 1.86. The van der Waals surface area contributed by atoms with Crippen LogP contribution in [-0.4, -0.2) is 20.1 Å². The van der Waals surface area contributed by atoms with Crippen LogP contribution in [0.5, 0.6) is 0 Å². The summed E-state index contributed by atoms with van der Waals surface area (Å²) in [5.41, 5.74) is 10.1. The normalized spacial score (nSPS) is 14.4. The van der Waals surface area contributed by atoms with E-state index >= 15 is 0 Å². The predicted molar refractivity (Wildman–Crippen MR) is 82.6 cm³/mol. The van der Waals surface area contributed by atoms with E-state index in [1.54, 1.807) is 0 Å². The number of nitrogens with zero attached hydrogens (tertiary/aromatic N) is 2. The molecule has 0 radical (unpaired) electrons. The van der Waals surface area contributed by atoms with E-state index in [1.165, 1.54) is 11.4 Å². The fourth-order valence-corrected chi connectivity index (χ4v) is 2.69. The lowest BCUT2D eigenvalue weighted by molar-refractivity contribution is 0.823. The lowest BCUT2D eigenvalue weighted by atomic mass is 10.1. The van der Waals surface area contributed by atoms with Crippen molar-refractivity contribution >= 4 is 34.4 Å². The number of nitrogens with two attached hydrogens (primary N) is 1. The van der Waals surface area contributed by atoms with Gasteiger partial charge in [-0.1, -0.05) is 29.8 Å². The average molecular weight is 274 g/mol. The van der Waals surface area contributed by atoms with Gasteiger partial charge in [-0.2, -0.15) is 0 Å². The van der Waals surface area contributed by atoms with Crippen molar-refractivity contribution in [1.29, 1.82) is 0 Å². The zero-order chi connectivity index (χ0) is 13.4. The van der Waals surface area contributed by atoms with Crippen LogP contribution in [0.3, 0.4) is 0 Å². The van der Waals surface area contributed by atoms with Gasteiger partial charge >= 0.3 is 0 Å². The number of hydrogen-bond donors (Lipinski definition) is 1. The van der Waals surface area contributed by atoms with Crippen molar-refractivity contribution in [2.45, 2.75) is 0 Å². The molecule has 0 aliphatic carbocycles. The smallest absolute Gasteiger partial charge is 0.0744 e. The Balaban J connectivity index is 2.12. The van der Waals surface area contributed by atoms with Crippen LogP contribution < -0.4 is 15.5 Å². The molecule has 1 heterocycles. The summed E-state index contributed by atoms with van der Waals surface area (Å²) >= 11 is 6.13. The molecule has 2 N–H and O–H groups in total. The highest BCUT2D eigenvalue weighted by molar-refractivity contribution is 6.33. The number of benzene rings is 2. The molecule has 0 amide bonds. The Kier molecular flexibility index (Phi) is 2.99. The van der Waals surface area contributed by atoms with Gasteiger partial charge in [-0.05, 0) is 24.3 Å². The average Bonchev–Trinajstić information content (AvgIpc) is 2.43. The lowest BCUT2D eigenvalue weighted by Crippen LogP contribution is -2.36. The van der Waals surface area contributed by atoms with E-state index in [0.717, 1.165) is 18.8 Å². The molecule has 0 saturated heterocycles. The Hall–Kier alpha value is -1.87. The number of hydrogen-bond acceptors (Lipinski definition) is 3. The fraction of sp³-hybridized carbons (Fsp3) is 0.200. The summed E-state index contributed by atoms with van der Waals surface area (Å²) in [5.74, 6) is 0. The number of halogens is 1. The molecule has 3 rings (SSSR count). The van der Waals surface area contributed by atoms with Crippen LogP contribution in [0.25, 0.3) is 0 Å². The van der Waals surface area contributed by atoms with Crippen LogP contribution in [0.1, 0.15) is 0 Å². The second kappa shape index (κ2) is 4.67. The minimum absolute atomic E-state index is 0.605. The van der Waals surface area contributed by atoms with E-state index < -0.39 is 0 Å². The van der Waals surface area contributed by atoms with Gasteiger partial charge in [-0.3, -0.25) is 0 Å². The van der Waals surface area contributed by atoms with Crippen molar-refractivity contribution in [3.8, 4) is 0 Å². The van der Waals surface area contributed by atoms with Gasteiger partial charge in [0.1, 0.15) is 0 Å². The van der Waals surface area contributed by atoms with Crippen LogP contribution >= 0.6 is 11.6 Å². The highest BCUT2D eigenvalue weighted by Gasteiger charge is 2.22. The number of rotatable bonds is 1. The number of fused-ring (bicyclic) bond motifs is 1. The van der Waals surface area contributed by atoms with Gasteiger partial charge in [-0.15, -0.1) is 0 Å². The third-order valence-electron chi connectivity index (χ3n) is 3.56. The Morgan fingerprint density at radius 3 is 2.42 bits per heavy atom. The highest BCUT2D eigenvalue weighted by Crippen LogP contribution is 2.40. The molecular weight excluding hydrogens is 258 g/mol. The largest absolute Gasteiger partial charge is 0.396 e. The molecule has 98 valence electrons. The Labute approximate surface area is 118 Å². The van der Waals surface area contributed by atoms with Gasteiger partial charge in [0.05, 0.1) is 27.8 Å². The van der Waals surface area contributed by atoms with Crippen molar-refractivity contribution in [2.75, 3.05) is 35.7 Å². The quantitative estimate of drug-likeness (QED) is 0.807. The van der Waals surface area contributed by atoms with Crippen molar-refractivity contribution in [3.63, 3.8) is 0 Å². The molecule has 0 saturated carbocycles. The van der Waals surface area contributed by atoms with Crippen molar-refractivity contribution in [3.05, 3.63) is 47.5 Å². The maximum atomic E-state index is 6.13. The Bertz CT molecular complexity index is 612. The second-order valence-electron chi connectivity index (χ2n) is 4.73. The molecule has 0 atom stereocenters. The molecule has 4 heteroatoms. The number of likely N-dealkylation sites (N-methyl/N-ethyl adjacent to an activating group) is 1. The van der Waals surface area contributed by atoms with Gasteiger partial charge in [0, 0.05) is 20.1 Å². The van der Waals surface area contributed by atoms with Crippen LogP contribution in [0, 0.1) is 0 Å². The number of anilines is 4. The number of para-hydroxylation sites is 3. The molecule has 1 aliphatic rings. The van der Waals surface area contributed by atoms with Gasteiger partial charge in [-0.25, -0.2) is 0 Å². The maximum absolute atomic E-state index is 6.13. The Morgan fingerprint density at radius 1 is 0.947 bits per heavy atom. The molecule has 19 heavy (non-hydrogen) atoms. The second-order valence-corrected chi connectivity index (χ2v) is 5.14. The molecule has 0 fully saturated rings. The summed E-state index contributed by atoms with van der Waals surface area (Å²) in [6.07, 6.45) is 0. The first kappa shape index (κ1) is 12.2. The molecule has 0 aromatic heterocycles. The minimum Gasteiger partial charge on any atom is -0.396 e. The summed E-state index contributed by atoms with van der Waals surface area (Å²) in [4.78, 5) is 4.49. The monoisotopic (exact) mass is 273 g/mol. The van der Waals surface area contributed by atoms with E-state index in [0.29, 0.717) is 10.7 Å². The number of nitrogen functional groups attached to an aromatic ring is 1. The molecule has 0 spiro atoms. The Morgan fingerprint density at radius 2 is 1.63 bits per heavy atom. The molecule has 2 aromatic carbocycles. The van der Waals surface area contributed by atoms with Gasteiger partial charge < -0.3 is 15.5 Å². The summed E-state index contributed by atoms with van der Waals surface area (Å²) in [6, 6.07) is 14.1. The van der Waals surface area contributed by atoms with Crippen molar-refractivity contribution < 1.29 is 0 Å². The van der Waals surface area contributed by atoms with E-state index in [9.17, 15) is 0 Å². The predicted octanol–water partition coefficient (Wildman–Crippen LogP) is 3.51. The molecule has 0 unspecified atom stereocenters. The molecule has 2 aromatic rings.